The molecule has 0 aliphatic heterocycles. The van der Waals surface area contributed by atoms with E-state index in [1.54, 1.807) is 0 Å². The molecule has 0 aromatic carbocycles. The summed E-state index contributed by atoms with van der Waals surface area (Å²) >= 11 is 0. The third kappa shape index (κ3) is 8.81. The van der Waals surface area contributed by atoms with Gasteiger partial charge in [0.1, 0.15) is 0 Å². The lowest BCUT2D eigenvalue weighted by Crippen LogP contribution is -2.24. The van der Waals surface area contributed by atoms with Crippen LogP contribution in [0.5, 0.6) is 0 Å². The van der Waals surface area contributed by atoms with E-state index in [1.807, 2.05) is 62.3 Å². The number of hydrogen-bond donors (Lipinski definition) is 0. The van der Waals surface area contributed by atoms with Crippen molar-refractivity contribution in [3.63, 3.8) is 0 Å². The maximum absolute atomic E-state index is 5.39. The van der Waals surface area contributed by atoms with Crippen LogP contribution in [0.2, 0.25) is 0 Å². The molecule has 0 amide bonds. The summed E-state index contributed by atoms with van der Waals surface area (Å²) in [4.78, 5) is 0. The molecule has 6 nitrogen and oxygen atoms in total. The molecule has 0 atom stereocenters. The molecule has 0 aliphatic carbocycles. The van der Waals surface area contributed by atoms with Gasteiger partial charge in [-0.15, -0.1) is 15.5 Å². The average molecular weight is 330 g/mol. The van der Waals surface area contributed by atoms with Gasteiger partial charge in [-0.05, 0) is 38.5 Å². The molecule has 0 saturated carbocycles. The van der Waals surface area contributed by atoms with Crippen molar-refractivity contribution in [2.75, 3.05) is 0 Å². The fraction of sp³-hybridized carbons (Fsp3) is 0.800. The monoisotopic (exact) mass is 329 g/mol. The standard InChI is InChI=1S/C15H31N3O3Si/c1-10(2)13(7)16-19-22(20-17-14(8)11(3)4)21-18-15(9)12(5)6/h10-12,22H,1-9H3. The Hall–Kier alpha value is -1.37. The molecule has 0 aliphatic rings. The summed E-state index contributed by atoms with van der Waals surface area (Å²) in [6, 6.07) is 0. The van der Waals surface area contributed by atoms with E-state index < -0.39 is 9.53 Å². The van der Waals surface area contributed by atoms with E-state index in [-0.39, 0.29) is 0 Å². The highest BCUT2D eigenvalue weighted by Crippen LogP contribution is 2.05. The molecule has 22 heavy (non-hydrogen) atoms. The van der Waals surface area contributed by atoms with E-state index >= 15 is 0 Å². The Bertz CT molecular complexity index is 356. The van der Waals surface area contributed by atoms with Crippen molar-refractivity contribution in [1.82, 2.24) is 0 Å². The molecule has 0 heterocycles. The Morgan fingerprint density at radius 3 is 1.00 bits per heavy atom. The van der Waals surface area contributed by atoms with Crippen molar-refractivity contribution in [2.24, 2.45) is 33.2 Å². The van der Waals surface area contributed by atoms with Crippen LogP contribution >= 0.6 is 0 Å². The van der Waals surface area contributed by atoms with Crippen LogP contribution in [0.1, 0.15) is 62.3 Å². The molecule has 0 fully saturated rings. The summed E-state index contributed by atoms with van der Waals surface area (Å²) in [5, 5.41) is 12.2. The highest BCUT2D eigenvalue weighted by molar-refractivity contribution is 6.36. The Morgan fingerprint density at radius 1 is 0.591 bits per heavy atom. The van der Waals surface area contributed by atoms with Gasteiger partial charge < -0.3 is 13.6 Å². The van der Waals surface area contributed by atoms with E-state index in [9.17, 15) is 0 Å². The smallest absolute Gasteiger partial charge is 0.375 e. The highest BCUT2D eigenvalue weighted by atomic mass is 28.3. The van der Waals surface area contributed by atoms with Gasteiger partial charge in [0.25, 0.3) is 0 Å². The first kappa shape index (κ1) is 20.6. The lowest BCUT2D eigenvalue weighted by Gasteiger charge is -2.12. The summed E-state index contributed by atoms with van der Waals surface area (Å²) in [6.07, 6.45) is 0. The summed E-state index contributed by atoms with van der Waals surface area (Å²) < 4.78 is 16.2. The molecule has 0 bridgehead atoms. The number of nitrogens with zero attached hydrogens (tertiary/aromatic N) is 3. The van der Waals surface area contributed by atoms with Crippen LogP contribution in [0.4, 0.5) is 0 Å². The van der Waals surface area contributed by atoms with Crippen LogP contribution in [0.15, 0.2) is 15.5 Å². The Balaban J connectivity index is 4.88. The fourth-order valence-corrected chi connectivity index (χ4v) is 1.62. The third-order valence-electron chi connectivity index (χ3n) is 3.35. The summed E-state index contributed by atoms with van der Waals surface area (Å²) in [7, 11) is -2.59. The molecule has 0 rings (SSSR count). The topological polar surface area (TPSA) is 64.8 Å². The minimum atomic E-state index is -2.59. The van der Waals surface area contributed by atoms with Crippen molar-refractivity contribution in [1.29, 1.82) is 0 Å². The van der Waals surface area contributed by atoms with Crippen LogP contribution in [-0.4, -0.2) is 26.7 Å². The maximum atomic E-state index is 5.39. The van der Waals surface area contributed by atoms with Crippen molar-refractivity contribution in [3.05, 3.63) is 0 Å². The first-order valence-electron chi connectivity index (χ1n) is 7.76. The summed E-state index contributed by atoms with van der Waals surface area (Å²) in [6.45, 7) is 18.0. The van der Waals surface area contributed by atoms with Crippen LogP contribution < -0.4 is 0 Å². The molecule has 0 spiro atoms. The Labute approximate surface area is 136 Å². The zero-order valence-electron chi connectivity index (χ0n) is 15.4. The van der Waals surface area contributed by atoms with Gasteiger partial charge >= 0.3 is 9.53 Å². The molecule has 0 unspecified atom stereocenters. The first-order chi connectivity index (χ1) is 10.1. The lowest BCUT2D eigenvalue weighted by atomic mass is 10.1. The predicted molar refractivity (Wildman–Crippen MR) is 94.2 cm³/mol. The number of hydrogen-bond acceptors (Lipinski definition) is 6. The fourth-order valence-electron chi connectivity index (χ4n) is 0.752. The number of rotatable bonds is 9. The van der Waals surface area contributed by atoms with Gasteiger partial charge in [0.2, 0.25) is 0 Å². The van der Waals surface area contributed by atoms with Gasteiger partial charge in [-0.25, -0.2) is 0 Å². The van der Waals surface area contributed by atoms with Crippen molar-refractivity contribution >= 4 is 26.7 Å². The second-order valence-electron chi connectivity index (χ2n) is 6.27. The predicted octanol–water partition coefficient (Wildman–Crippen LogP) is 3.85. The molecule has 0 aromatic heterocycles. The summed E-state index contributed by atoms with van der Waals surface area (Å²) in [5.74, 6) is 0.907. The normalized spacial score (nSPS) is 15.5. The molecular weight excluding hydrogens is 298 g/mol. The first-order valence-corrected chi connectivity index (χ1v) is 9.17. The molecule has 0 aromatic rings. The van der Waals surface area contributed by atoms with E-state index in [0.29, 0.717) is 17.8 Å². The van der Waals surface area contributed by atoms with Gasteiger partial charge in [-0.1, -0.05) is 41.5 Å². The zero-order valence-corrected chi connectivity index (χ0v) is 16.5. The minimum absolute atomic E-state index is 0.302. The largest absolute Gasteiger partial charge is 0.746 e. The van der Waals surface area contributed by atoms with Crippen LogP contribution in [-0.2, 0) is 13.6 Å². The van der Waals surface area contributed by atoms with Crippen LogP contribution in [0.25, 0.3) is 0 Å². The van der Waals surface area contributed by atoms with Gasteiger partial charge in [0, 0.05) is 0 Å². The maximum Gasteiger partial charge on any atom is 0.746 e. The molecule has 0 radical (unpaired) electrons. The quantitative estimate of drug-likeness (QED) is 0.366. The van der Waals surface area contributed by atoms with E-state index in [2.05, 4.69) is 15.5 Å². The molecular formula is C15H31N3O3Si. The SMILES string of the molecule is CC(=NO[SiH](ON=C(C)C(C)C)ON=C(C)C(C)C)C(C)C. The minimum Gasteiger partial charge on any atom is -0.375 e. The molecule has 7 heteroatoms. The van der Waals surface area contributed by atoms with Gasteiger partial charge in [-0.2, -0.15) is 0 Å². The number of oxime groups is 3. The molecule has 0 N–H and O–H groups in total. The Kier molecular flexibility index (Phi) is 9.72. The van der Waals surface area contributed by atoms with Gasteiger partial charge in [0.05, 0.1) is 17.1 Å². The second kappa shape index (κ2) is 10.4. The van der Waals surface area contributed by atoms with Crippen LogP contribution in [0, 0.1) is 17.8 Å². The molecule has 0 saturated heterocycles. The van der Waals surface area contributed by atoms with Crippen molar-refractivity contribution in [3.8, 4) is 0 Å². The van der Waals surface area contributed by atoms with Gasteiger partial charge in [0.15, 0.2) is 0 Å². The van der Waals surface area contributed by atoms with E-state index in [1.165, 1.54) is 0 Å². The van der Waals surface area contributed by atoms with E-state index in [4.69, 9.17) is 13.6 Å². The Morgan fingerprint density at radius 2 is 0.818 bits per heavy atom. The van der Waals surface area contributed by atoms with Crippen molar-refractivity contribution < 1.29 is 13.6 Å². The average Bonchev–Trinajstić information content (AvgIpc) is 2.44. The highest BCUT2D eigenvalue weighted by Gasteiger charge is 2.23. The molecule has 128 valence electrons. The van der Waals surface area contributed by atoms with Gasteiger partial charge in [-0.3, -0.25) is 0 Å². The second-order valence-corrected chi connectivity index (χ2v) is 7.48. The van der Waals surface area contributed by atoms with Crippen LogP contribution in [0.3, 0.4) is 0 Å². The third-order valence-corrected chi connectivity index (χ3v) is 4.19. The van der Waals surface area contributed by atoms with E-state index in [0.717, 1.165) is 17.1 Å². The lowest BCUT2D eigenvalue weighted by molar-refractivity contribution is 0.100. The zero-order chi connectivity index (χ0) is 17.3. The summed E-state index contributed by atoms with van der Waals surface area (Å²) in [5.41, 5.74) is 2.62. The van der Waals surface area contributed by atoms with Crippen molar-refractivity contribution in [2.45, 2.75) is 62.3 Å².